The maximum absolute atomic E-state index is 12.2. The van der Waals surface area contributed by atoms with Gasteiger partial charge in [-0.2, -0.15) is 0 Å². The highest BCUT2D eigenvalue weighted by atomic mass is 19.3. The molecule has 6 heteroatoms. The van der Waals surface area contributed by atoms with E-state index in [2.05, 4.69) is 9.47 Å². The Morgan fingerprint density at radius 3 is 2.86 bits per heavy atom. The number of cyclic esters (lactones) is 2. The van der Waals surface area contributed by atoms with Crippen molar-refractivity contribution in [3.8, 4) is 0 Å². The van der Waals surface area contributed by atoms with Gasteiger partial charge in [-0.3, -0.25) is 0 Å². The highest BCUT2D eigenvalue weighted by Crippen LogP contribution is 2.13. The van der Waals surface area contributed by atoms with Gasteiger partial charge in [-0.15, -0.1) is 0 Å². The van der Waals surface area contributed by atoms with Gasteiger partial charge >= 0.3 is 6.16 Å². The van der Waals surface area contributed by atoms with E-state index < -0.39 is 18.7 Å². The Labute approximate surface area is 80.1 Å². The summed E-state index contributed by atoms with van der Waals surface area (Å²) >= 11 is 0. The van der Waals surface area contributed by atoms with E-state index in [1.165, 1.54) is 0 Å². The topological polar surface area (TPSA) is 44.8 Å². The first-order valence-corrected chi connectivity index (χ1v) is 4.26. The molecule has 0 bridgehead atoms. The Morgan fingerprint density at radius 1 is 1.64 bits per heavy atom. The van der Waals surface area contributed by atoms with Crippen LogP contribution in [-0.4, -0.2) is 38.0 Å². The van der Waals surface area contributed by atoms with Crippen LogP contribution in [0.3, 0.4) is 0 Å². The third kappa shape index (κ3) is 4.36. The van der Waals surface area contributed by atoms with Gasteiger partial charge in [0.1, 0.15) is 19.3 Å². The largest absolute Gasteiger partial charge is 0.508 e. The first-order chi connectivity index (χ1) is 6.47. The lowest BCUT2D eigenvalue weighted by Gasteiger charge is -2.11. The van der Waals surface area contributed by atoms with Crippen LogP contribution in [0.25, 0.3) is 0 Å². The highest BCUT2D eigenvalue weighted by molar-refractivity contribution is 5.61. The summed E-state index contributed by atoms with van der Waals surface area (Å²) in [6.07, 6.45) is -0.703. The van der Waals surface area contributed by atoms with Crippen LogP contribution in [0.4, 0.5) is 13.6 Å². The van der Waals surface area contributed by atoms with Gasteiger partial charge in [0.05, 0.1) is 6.61 Å². The minimum atomic E-state index is -2.82. The summed E-state index contributed by atoms with van der Waals surface area (Å²) in [5.74, 6) is -2.82. The number of rotatable bonds is 5. The standard InChI is InChI=1S/C8H12F2O4/c1-8(9,10)5-12-3-2-6-4-13-7(11)14-6/h6H,2-5H2,1H3. The lowest BCUT2D eigenvalue weighted by atomic mass is 10.3. The van der Waals surface area contributed by atoms with Crippen molar-refractivity contribution in [2.75, 3.05) is 19.8 Å². The fourth-order valence-electron chi connectivity index (χ4n) is 0.974. The van der Waals surface area contributed by atoms with Crippen LogP contribution in [0.15, 0.2) is 0 Å². The van der Waals surface area contributed by atoms with Crippen molar-refractivity contribution >= 4 is 6.16 Å². The molecular weight excluding hydrogens is 198 g/mol. The Hall–Kier alpha value is -0.910. The lowest BCUT2D eigenvalue weighted by Crippen LogP contribution is -2.21. The molecule has 0 N–H and O–H groups in total. The molecule has 0 aromatic heterocycles. The van der Waals surface area contributed by atoms with E-state index in [1.807, 2.05) is 0 Å². The summed E-state index contributed by atoms with van der Waals surface area (Å²) in [5, 5.41) is 0. The molecule has 1 atom stereocenters. The van der Waals surface area contributed by atoms with Crippen LogP contribution < -0.4 is 0 Å². The SMILES string of the molecule is CC(F)(F)COCCC1COC(=O)O1. The fourth-order valence-corrected chi connectivity index (χ4v) is 0.974. The number of hydrogen-bond acceptors (Lipinski definition) is 4. The minimum absolute atomic E-state index is 0.130. The second-order valence-corrected chi connectivity index (χ2v) is 3.21. The van der Waals surface area contributed by atoms with Gasteiger partial charge in [0, 0.05) is 13.3 Å². The minimum Gasteiger partial charge on any atom is -0.430 e. The quantitative estimate of drug-likeness (QED) is 0.510. The van der Waals surface area contributed by atoms with Gasteiger partial charge in [0.2, 0.25) is 0 Å². The van der Waals surface area contributed by atoms with Crippen molar-refractivity contribution in [1.29, 1.82) is 0 Å². The first-order valence-electron chi connectivity index (χ1n) is 4.26. The van der Waals surface area contributed by atoms with Gasteiger partial charge < -0.3 is 14.2 Å². The van der Waals surface area contributed by atoms with Crippen LogP contribution in [0.2, 0.25) is 0 Å². The average molecular weight is 210 g/mol. The average Bonchev–Trinajstić information content (AvgIpc) is 2.44. The smallest absolute Gasteiger partial charge is 0.430 e. The zero-order valence-electron chi connectivity index (χ0n) is 7.79. The number of alkyl halides is 2. The molecule has 0 spiro atoms. The highest BCUT2D eigenvalue weighted by Gasteiger charge is 2.25. The van der Waals surface area contributed by atoms with Crippen LogP contribution >= 0.6 is 0 Å². The van der Waals surface area contributed by atoms with Crippen molar-refractivity contribution in [3.05, 3.63) is 0 Å². The first kappa shape index (κ1) is 11.2. The summed E-state index contributed by atoms with van der Waals surface area (Å²) in [6.45, 7) is 0.468. The molecule has 0 aromatic carbocycles. The Bertz CT molecular complexity index is 202. The molecule has 0 aromatic rings. The van der Waals surface area contributed by atoms with Crippen molar-refractivity contribution < 1.29 is 27.8 Å². The summed E-state index contributed by atoms with van der Waals surface area (Å²) in [7, 11) is 0. The van der Waals surface area contributed by atoms with Crippen molar-refractivity contribution in [3.63, 3.8) is 0 Å². The number of halogens is 2. The van der Waals surface area contributed by atoms with Crippen LogP contribution in [0, 0.1) is 0 Å². The zero-order valence-corrected chi connectivity index (χ0v) is 7.79. The third-order valence-electron chi connectivity index (χ3n) is 1.59. The lowest BCUT2D eigenvalue weighted by molar-refractivity contribution is -0.0661. The molecule has 0 saturated carbocycles. The number of ether oxygens (including phenoxy) is 3. The maximum atomic E-state index is 12.2. The summed E-state index contributed by atoms with van der Waals surface area (Å²) in [5.41, 5.74) is 0. The van der Waals surface area contributed by atoms with E-state index in [0.717, 1.165) is 6.92 Å². The molecule has 0 amide bonds. The number of carbonyl (C=O) groups excluding carboxylic acids is 1. The Balaban J connectivity index is 2.02. The van der Waals surface area contributed by atoms with Gasteiger partial charge in [-0.05, 0) is 0 Å². The van der Waals surface area contributed by atoms with Crippen molar-refractivity contribution in [2.24, 2.45) is 0 Å². The third-order valence-corrected chi connectivity index (χ3v) is 1.59. The molecule has 1 unspecified atom stereocenters. The molecule has 4 nitrogen and oxygen atoms in total. The normalized spacial score (nSPS) is 21.9. The molecule has 1 aliphatic heterocycles. The van der Waals surface area contributed by atoms with Crippen LogP contribution in [-0.2, 0) is 14.2 Å². The van der Waals surface area contributed by atoms with Crippen LogP contribution in [0.1, 0.15) is 13.3 Å². The van der Waals surface area contributed by atoms with E-state index in [1.54, 1.807) is 0 Å². The van der Waals surface area contributed by atoms with Gasteiger partial charge in [-0.25, -0.2) is 13.6 Å². The van der Waals surface area contributed by atoms with E-state index in [9.17, 15) is 13.6 Å². The monoisotopic (exact) mass is 210 g/mol. The Morgan fingerprint density at radius 2 is 2.36 bits per heavy atom. The predicted octanol–water partition coefficient (Wildman–Crippen LogP) is 1.58. The van der Waals surface area contributed by atoms with Crippen molar-refractivity contribution in [1.82, 2.24) is 0 Å². The number of carbonyl (C=O) groups is 1. The molecule has 1 heterocycles. The fraction of sp³-hybridized carbons (Fsp3) is 0.875. The Kier molecular flexibility index (Phi) is 3.62. The van der Waals surface area contributed by atoms with Gasteiger partial charge in [-0.1, -0.05) is 0 Å². The second kappa shape index (κ2) is 4.54. The molecule has 14 heavy (non-hydrogen) atoms. The van der Waals surface area contributed by atoms with Crippen LogP contribution in [0.5, 0.6) is 0 Å². The predicted molar refractivity (Wildman–Crippen MR) is 42.3 cm³/mol. The summed E-state index contributed by atoms with van der Waals surface area (Å²) in [6, 6.07) is 0. The molecule has 0 aliphatic carbocycles. The second-order valence-electron chi connectivity index (χ2n) is 3.21. The van der Waals surface area contributed by atoms with E-state index in [0.29, 0.717) is 6.42 Å². The van der Waals surface area contributed by atoms with Gasteiger partial charge in [0.25, 0.3) is 5.92 Å². The molecule has 0 radical (unpaired) electrons. The zero-order chi connectivity index (χ0) is 10.6. The maximum Gasteiger partial charge on any atom is 0.508 e. The van der Waals surface area contributed by atoms with Crippen molar-refractivity contribution in [2.45, 2.75) is 25.4 Å². The van der Waals surface area contributed by atoms with E-state index in [-0.39, 0.29) is 19.3 Å². The summed E-state index contributed by atoms with van der Waals surface area (Å²) in [4.78, 5) is 10.4. The van der Waals surface area contributed by atoms with E-state index >= 15 is 0 Å². The molecule has 1 aliphatic rings. The number of hydrogen-bond donors (Lipinski definition) is 0. The van der Waals surface area contributed by atoms with Gasteiger partial charge in [0.15, 0.2) is 0 Å². The molecule has 1 saturated heterocycles. The molecule has 1 rings (SSSR count). The summed E-state index contributed by atoms with van der Waals surface area (Å²) < 4.78 is 38.4. The molecular formula is C8H12F2O4. The molecule has 82 valence electrons. The molecule has 1 fully saturated rings. The van der Waals surface area contributed by atoms with E-state index in [4.69, 9.17) is 4.74 Å².